The maximum atomic E-state index is 14.0. The second-order valence-electron chi connectivity index (χ2n) is 3.35. The highest BCUT2D eigenvalue weighted by atomic mass is 19.1. The van der Waals surface area contributed by atoms with Gasteiger partial charge in [0.1, 0.15) is 0 Å². The first-order chi connectivity index (χ1) is 7.45. The van der Waals surface area contributed by atoms with E-state index in [-0.39, 0.29) is 11.3 Å². The number of carboxylic acids is 1. The zero-order valence-corrected chi connectivity index (χ0v) is 9.28. The van der Waals surface area contributed by atoms with Gasteiger partial charge in [-0.2, -0.15) is 0 Å². The normalized spacial score (nSPS) is 14.0. The quantitative estimate of drug-likeness (QED) is 0.856. The number of aliphatic carboxylic acids is 1. The maximum Gasteiger partial charge on any atom is 0.346 e. The van der Waals surface area contributed by atoms with Crippen molar-refractivity contribution < 1.29 is 23.8 Å². The van der Waals surface area contributed by atoms with E-state index in [1.807, 2.05) is 0 Å². The minimum Gasteiger partial charge on any atom is -0.493 e. The van der Waals surface area contributed by atoms with Gasteiger partial charge in [-0.15, -0.1) is 0 Å². The molecule has 0 amide bonds. The molecule has 0 aliphatic carbocycles. The van der Waals surface area contributed by atoms with Crippen molar-refractivity contribution in [1.82, 2.24) is 0 Å². The summed E-state index contributed by atoms with van der Waals surface area (Å²) >= 11 is 0. The molecular weight excluding hydrogens is 215 g/mol. The van der Waals surface area contributed by atoms with Crippen LogP contribution in [0, 0.1) is 0 Å². The fourth-order valence-electron chi connectivity index (χ4n) is 1.37. The van der Waals surface area contributed by atoms with E-state index in [0.717, 1.165) is 6.92 Å². The number of rotatable bonds is 4. The maximum absolute atomic E-state index is 14.0. The van der Waals surface area contributed by atoms with Crippen molar-refractivity contribution in [3.63, 3.8) is 0 Å². The van der Waals surface area contributed by atoms with Gasteiger partial charge in [-0.1, -0.05) is 12.1 Å². The first-order valence-corrected chi connectivity index (χ1v) is 4.59. The molecule has 0 radical (unpaired) electrons. The molecule has 1 unspecified atom stereocenters. The van der Waals surface area contributed by atoms with Gasteiger partial charge in [-0.25, -0.2) is 9.18 Å². The van der Waals surface area contributed by atoms with E-state index in [1.54, 1.807) is 6.07 Å². The van der Waals surface area contributed by atoms with Gasteiger partial charge in [0.25, 0.3) is 0 Å². The smallest absolute Gasteiger partial charge is 0.346 e. The predicted octanol–water partition coefficient (Wildman–Crippen LogP) is 1.97. The highest BCUT2D eigenvalue weighted by Crippen LogP contribution is 2.39. The van der Waals surface area contributed by atoms with E-state index in [4.69, 9.17) is 14.6 Å². The Morgan fingerprint density at radius 3 is 2.44 bits per heavy atom. The van der Waals surface area contributed by atoms with Crippen LogP contribution in [0.3, 0.4) is 0 Å². The van der Waals surface area contributed by atoms with E-state index in [0.29, 0.717) is 5.75 Å². The number of carbonyl (C=O) groups is 1. The van der Waals surface area contributed by atoms with Crippen LogP contribution < -0.4 is 9.47 Å². The zero-order valence-electron chi connectivity index (χ0n) is 9.28. The Kier molecular flexibility index (Phi) is 3.37. The summed E-state index contributed by atoms with van der Waals surface area (Å²) in [4.78, 5) is 10.8. The van der Waals surface area contributed by atoms with Crippen LogP contribution in [-0.4, -0.2) is 25.3 Å². The molecule has 1 atom stereocenters. The molecule has 1 aromatic carbocycles. The summed E-state index contributed by atoms with van der Waals surface area (Å²) in [5, 5.41) is 8.81. The lowest BCUT2D eigenvalue weighted by atomic mass is 9.96. The molecule has 1 aromatic rings. The minimum atomic E-state index is -2.51. The Bertz CT molecular complexity index is 401. The topological polar surface area (TPSA) is 55.8 Å². The molecule has 4 nitrogen and oxygen atoms in total. The molecule has 0 spiro atoms. The molecule has 1 N–H and O–H groups in total. The standard InChI is InChI=1S/C11H13FO4/c1-11(12,10(13)14)7-5-4-6-8(15-2)9(7)16-3/h4-6H,1-3H3,(H,13,14). The van der Waals surface area contributed by atoms with Gasteiger partial charge in [0.2, 0.25) is 5.67 Å². The average Bonchev–Trinajstić information content (AvgIpc) is 2.27. The Hall–Kier alpha value is -1.78. The van der Waals surface area contributed by atoms with Gasteiger partial charge in [0.05, 0.1) is 14.2 Å². The summed E-state index contributed by atoms with van der Waals surface area (Å²) in [5.74, 6) is -1.18. The summed E-state index contributed by atoms with van der Waals surface area (Å²) in [6, 6.07) is 4.44. The monoisotopic (exact) mass is 228 g/mol. The molecule has 0 aliphatic heterocycles. The van der Waals surface area contributed by atoms with Gasteiger partial charge in [-0.3, -0.25) is 0 Å². The molecule has 16 heavy (non-hydrogen) atoms. The first-order valence-electron chi connectivity index (χ1n) is 4.59. The number of alkyl halides is 1. The third-order valence-electron chi connectivity index (χ3n) is 2.31. The molecule has 0 bridgehead atoms. The SMILES string of the molecule is COc1cccc(C(C)(F)C(=O)O)c1OC. The summed E-state index contributed by atoms with van der Waals surface area (Å²) in [6.07, 6.45) is 0. The molecule has 5 heteroatoms. The number of halogens is 1. The van der Waals surface area contributed by atoms with Crippen LogP contribution >= 0.6 is 0 Å². The summed E-state index contributed by atoms with van der Waals surface area (Å²) in [7, 11) is 2.73. The van der Waals surface area contributed by atoms with Crippen molar-refractivity contribution in [3.05, 3.63) is 23.8 Å². The van der Waals surface area contributed by atoms with Gasteiger partial charge < -0.3 is 14.6 Å². The summed E-state index contributed by atoms with van der Waals surface area (Å²) in [5.41, 5.74) is -2.58. The molecule has 0 heterocycles. The van der Waals surface area contributed by atoms with E-state index < -0.39 is 11.6 Å². The van der Waals surface area contributed by atoms with Crippen molar-refractivity contribution in [3.8, 4) is 11.5 Å². The van der Waals surface area contributed by atoms with Crippen molar-refractivity contribution in [2.24, 2.45) is 0 Å². The van der Waals surface area contributed by atoms with Crippen LogP contribution in [0.1, 0.15) is 12.5 Å². The summed E-state index contributed by atoms with van der Waals surface area (Å²) in [6.45, 7) is 0.965. The fourth-order valence-corrected chi connectivity index (χ4v) is 1.37. The second-order valence-corrected chi connectivity index (χ2v) is 3.35. The van der Waals surface area contributed by atoms with Crippen LogP contribution in [0.25, 0.3) is 0 Å². The van der Waals surface area contributed by atoms with E-state index in [2.05, 4.69) is 0 Å². The molecule has 0 aromatic heterocycles. The Morgan fingerprint density at radius 2 is 2.00 bits per heavy atom. The van der Waals surface area contributed by atoms with Gasteiger partial charge in [0, 0.05) is 5.56 Å². The Balaban J connectivity index is 3.39. The third-order valence-corrected chi connectivity index (χ3v) is 2.31. The molecule has 0 saturated carbocycles. The lowest BCUT2D eigenvalue weighted by Crippen LogP contribution is -2.27. The lowest BCUT2D eigenvalue weighted by Gasteiger charge is -2.20. The van der Waals surface area contributed by atoms with Crippen LogP contribution in [0.5, 0.6) is 11.5 Å². The van der Waals surface area contributed by atoms with E-state index >= 15 is 0 Å². The molecule has 88 valence electrons. The van der Waals surface area contributed by atoms with E-state index in [9.17, 15) is 9.18 Å². The number of para-hydroxylation sites is 1. The van der Waals surface area contributed by atoms with Crippen molar-refractivity contribution in [2.75, 3.05) is 14.2 Å². The van der Waals surface area contributed by atoms with Gasteiger partial charge >= 0.3 is 5.97 Å². The first kappa shape index (κ1) is 12.3. The third kappa shape index (κ3) is 1.93. The average molecular weight is 228 g/mol. The van der Waals surface area contributed by atoms with Crippen molar-refractivity contribution in [2.45, 2.75) is 12.6 Å². The number of benzene rings is 1. The summed E-state index contributed by atoms with van der Waals surface area (Å²) < 4.78 is 23.9. The van der Waals surface area contributed by atoms with Crippen molar-refractivity contribution >= 4 is 5.97 Å². The number of carboxylic acid groups (broad SMARTS) is 1. The number of ether oxygens (including phenoxy) is 2. The van der Waals surface area contributed by atoms with Crippen LogP contribution in [0.4, 0.5) is 4.39 Å². The number of hydrogen-bond acceptors (Lipinski definition) is 3. The predicted molar refractivity (Wildman–Crippen MR) is 55.6 cm³/mol. The molecule has 1 rings (SSSR count). The van der Waals surface area contributed by atoms with Crippen molar-refractivity contribution in [1.29, 1.82) is 0 Å². The Labute approximate surface area is 92.6 Å². The van der Waals surface area contributed by atoms with Crippen LogP contribution in [0.15, 0.2) is 18.2 Å². The number of methoxy groups -OCH3 is 2. The molecule has 0 fully saturated rings. The minimum absolute atomic E-state index is 0.0677. The fraction of sp³-hybridized carbons (Fsp3) is 0.364. The molecule has 0 aliphatic rings. The largest absolute Gasteiger partial charge is 0.493 e. The zero-order chi connectivity index (χ0) is 12.3. The lowest BCUT2D eigenvalue weighted by molar-refractivity contribution is -0.150. The highest BCUT2D eigenvalue weighted by Gasteiger charge is 2.38. The van der Waals surface area contributed by atoms with Crippen LogP contribution in [-0.2, 0) is 10.5 Å². The number of hydrogen-bond donors (Lipinski definition) is 1. The van der Waals surface area contributed by atoms with Crippen LogP contribution in [0.2, 0.25) is 0 Å². The second kappa shape index (κ2) is 4.38. The Morgan fingerprint density at radius 1 is 1.38 bits per heavy atom. The molecule has 0 saturated heterocycles. The van der Waals surface area contributed by atoms with E-state index in [1.165, 1.54) is 26.4 Å². The molecular formula is C11H13FO4. The van der Waals surface area contributed by atoms with Gasteiger partial charge in [0.15, 0.2) is 11.5 Å². The highest BCUT2D eigenvalue weighted by molar-refractivity contribution is 5.80. The van der Waals surface area contributed by atoms with Gasteiger partial charge in [-0.05, 0) is 13.0 Å².